The molecule has 1 fully saturated rings. The third-order valence-corrected chi connectivity index (χ3v) is 11.0. The Labute approximate surface area is 316 Å². The molecule has 1 amide bonds. The number of rotatable bonds is 15. The van der Waals surface area contributed by atoms with Crippen LogP contribution in [0.25, 0.3) is 5.76 Å². The number of hydrogen-bond donors (Lipinski definition) is 1. The van der Waals surface area contributed by atoms with Crippen LogP contribution in [0.3, 0.4) is 0 Å². The highest BCUT2D eigenvalue weighted by atomic mass is 35.5. The van der Waals surface area contributed by atoms with Crippen LogP contribution >= 0.6 is 34.7 Å². The Bertz CT molecular complexity index is 2070. The number of aryl methyl sites for hydroxylation is 1. The molecule has 0 spiro atoms. The van der Waals surface area contributed by atoms with Crippen LogP contribution in [0.2, 0.25) is 5.02 Å². The molecule has 12 heteroatoms. The number of aliphatic hydroxyl groups excluding tert-OH is 1. The van der Waals surface area contributed by atoms with Gasteiger partial charge in [-0.05, 0) is 84.1 Å². The van der Waals surface area contributed by atoms with Gasteiger partial charge in [-0.1, -0.05) is 96.9 Å². The van der Waals surface area contributed by atoms with Crippen molar-refractivity contribution in [3.05, 3.63) is 129 Å². The molecule has 1 N–H and O–H groups in total. The molecule has 0 aliphatic carbocycles. The summed E-state index contributed by atoms with van der Waals surface area (Å²) in [5, 5.41) is 21.3. The molecule has 9 nitrogen and oxygen atoms in total. The summed E-state index contributed by atoms with van der Waals surface area (Å²) in [7, 11) is 1.53. The molecule has 1 aliphatic rings. The van der Waals surface area contributed by atoms with Crippen molar-refractivity contribution in [2.75, 3.05) is 18.6 Å². The zero-order valence-corrected chi connectivity index (χ0v) is 31.4. The maximum absolute atomic E-state index is 13.9. The first-order valence-corrected chi connectivity index (χ1v) is 19.1. The van der Waals surface area contributed by atoms with Crippen molar-refractivity contribution in [1.29, 1.82) is 0 Å². The SMILES string of the molecule is CCCCCOc1ccc(C2C(=C(O)c3ccc(OCc4ccccc4C)cc3)C(=O)C(=O)N2c2nnc(SCc3ccc(Cl)cc3)s2)cc1OC. The molecule has 1 aromatic heterocycles. The number of anilines is 1. The zero-order chi connectivity index (χ0) is 36.6. The molecule has 2 heterocycles. The van der Waals surface area contributed by atoms with Crippen LogP contribution < -0.4 is 19.1 Å². The maximum Gasteiger partial charge on any atom is 0.301 e. The predicted octanol–water partition coefficient (Wildman–Crippen LogP) is 9.58. The van der Waals surface area contributed by atoms with Gasteiger partial charge < -0.3 is 19.3 Å². The molecule has 1 atom stereocenters. The van der Waals surface area contributed by atoms with Crippen molar-refractivity contribution in [1.82, 2.24) is 10.2 Å². The van der Waals surface area contributed by atoms with E-state index in [2.05, 4.69) is 17.1 Å². The molecule has 5 aromatic rings. The van der Waals surface area contributed by atoms with Gasteiger partial charge in [0.2, 0.25) is 5.13 Å². The van der Waals surface area contributed by atoms with E-state index in [1.54, 1.807) is 42.5 Å². The maximum atomic E-state index is 13.9. The molecular formula is C40H38ClN3O6S2. The molecule has 1 unspecified atom stereocenters. The van der Waals surface area contributed by atoms with Gasteiger partial charge in [0.15, 0.2) is 15.8 Å². The third kappa shape index (κ3) is 8.44. The highest BCUT2D eigenvalue weighted by Gasteiger charge is 2.48. The number of carbonyl (C=O) groups is 2. The Balaban J connectivity index is 1.33. The van der Waals surface area contributed by atoms with Gasteiger partial charge in [-0.3, -0.25) is 14.5 Å². The van der Waals surface area contributed by atoms with Gasteiger partial charge in [-0.2, -0.15) is 0 Å². The molecule has 0 bridgehead atoms. The second-order valence-electron chi connectivity index (χ2n) is 12.1. The Morgan fingerprint density at radius 3 is 2.44 bits per heavy atom. The third-order valence-electron chi connectivity index (χ3n) is 8.61. The Morgan fingerprint density at radius 2 is 1.71 bits per heavy atom. The molecule has 0 radical (unpaired) electrons. The van der Waals surface area contributed by atoms with Crippen LogP contribution in [0.15, 0.2) is 101 Å². The average molecular weight is 756 g/mol. The number of aliphatic hydroxyl groups is 1. The number of nitrogens with zero attached hydrogens (tertiary/aromatic N) is 3. The number of benzene rings is 4. The van der Waals surface area contributed by atoms with Crippen LogP contribution in [-0.4, -0.2) is 40.7 Å². The van der Waals surface area contributed by atoms with E-state index >= 15 is 0 Å². The molecule has 1 aliphatic heterocycles. The molecule has 52 heavy (non-hydrogen) atoms. The minimum atomic E-state index is -1.03. The fraction of sp³-hybridized carbons (Fsp3) is 0.250. The summed E-state index contributed by atoms with van der Waals surface area (Å²) in [5.74, 6) is 0.185. The number of aromatic nitrogens is 2. The fourth-order valence-electron chi connectivity index (χ4n) is 5.73. The fourth-order valence-corrected chi connectivity index (χ4v) is 7.68. The number of ether oxygens (including phenoxy) is 3. The van der Waals surface area contributed by atoms with Crippen molar-refractivity contribution in [3.63, 3.8) is 0 Å². The number of carbonyl (C=O) groups excluding carboxylic acids is 2. The van der Waals surface area contributed by atoms with E-state index in [4.69, 9.17) is 25.8 Å². The van der Waals surface area contributed by atoms with E-state index in [1.165, 1.54) is 35.1 Å². The summed E-state index contributed by atoms with van der Waals surface area (Å²) in [6, 6.07) is 26.5. The van der Waals surface area contributed by atoms with Crippen LogP contribution in [0.5, 0.6) is 17.2 Å². The van der Waals surface area contributed by atoms with E-state index in [-0.39, 0.29) is 16.5 Å². The zero-order valence-electron chi connectivity index (χ0n) is 29.0. The minimum Gasteiger partial charge on any atom is -0.507 e. The van der Waals surface area contributed by atoms with Crippen LogP contribution in [0, 0.1) is 6.92 Å². The summed E-state index contributed by atoms with van der Waals surface area (Å²) in [4.78, 5) is 29.0. The predicted molar refractivity (Wildman–Crippen MR) is 206 cm³/mol. The standard InChI is InChI=1S/C40H38ClN3O6S2/c1-4-5-8-21-49-32-20-15-28(22-33(32)48-3)35-34(36(45)27-13-18-31(19-14-27)50-23-29-10-7-6-9-25(29)2)37(46)38(47)44(35)39-42-43-40(52-39)51-24-26-11-16-30(41)17-12-26/h6-7,9-20,22,35,45H,4-5,8,21,23-24H2,1-3H3. The number of thioether (sulfide) groups is 1. The van der Waals surface area contributed by atoms with Crippen molar-refractivity contribution in [3.8, 4) is 17.2 Å². The smallest absolute Gasteiger partial charge is 0.301 e. The van der Waals surface area contributed by atoms with Gasteiger partial charge in [0.25, 0.3) is 5.78 Å². The number of unbranched alkanes of at least 4 members (excludes halogenated alkanes) is 2. The van der Waals surface area contributed by atoms with Gasteiger partial charge in [0, 0.05) is 16.3 Å². The van der Waals surface area contributed by atoms with Gasteiger partial charge in [0.1, 0.15) is 18.1 Å². The van der Waals surface area contributed by atoms with Crippen molar-refractivity contribution >= 4 is 57.3 Å². The van der Waals surface area contributed by atoms with E-state index in [9.17, 15) is 14.7 Å². The summed E-state index contributed by atoms with van der Waals surface area (Å²) < 4.78 is 18.3. The van der Waals surface area contributed by atoms with Gasteiger partial charge in [-0.25, -0.2) is 0 Å². The second-order valence-corrected chi connectivity index (χ2v) is 14.8. The quantitative estimate of drug-likeness (QED) is 0.0279. The lowest BCUT2D eigenvalue weighted by atomic mass is 9.95. The first kappa shape index (κ1) is 36.9. The topological polar surface area (TPSA) is 111 Å². The Kier molecular flexibility index (Phi) is 12.2. The average Bonchev–Trinajstić information content (AvgIpc) is 3.74. The largest absolute Gasteiger partial charge is 0.507 e. The first-order chi connectivity index (χ1) is 25.3. The summed E-state index contributed by atoms with van der Waals surface area (Å²) in [6.07, 6.45) is 3.00. The number of Topliss-reactive ketones (excluding diaryl/α,β-unsaturated/α-hetero) is 1. The van der Waals surface area contributed by atoms with Crippen LogP contribution in [0.1, 0.15) is 60.0 Å². The molecule has 6 rings (SSSR count). The number of ketones is 1. The molecule has 0 saturated carbocycles. The Hall–Kier alpha value is -4.84. The number of halogens is 1. The van der Waals surface area contributed by atoms with Crippen molar-refractivity contribution < 1.29 is 28.9 Å². The monoisotopic (exact) mass is 755 g/mol. The van der Waals surface area contributed by atoms with E-state index in [1.807, 2.05) is 55.5 Å². The van der Waals surface area contributed by atoms with Crippen LogP contribution in [0.4, 0.5) is 5.13 Å². The van der Waals surface area contributed by atoms with Crippen molar-refractivity contribution in [2.45, 2.75) is 55.9 Å². The molecular weight excluding hydrogens is 718 g/mol. The molecule has 268 valence electrons. The summed E-state index contributed by atoms with van der Waals surface area (Å²) >= 11 is 8.69. The van der Waals surface area contributed by atoms with Gasteiger partial charge in [0.05, 0.1) is 25.3 Å². The lowest BCUT2D eigenvalue weighted by molar-refractivity contribution is -0.132. The number of methoxy groups -OCH3 is 1. The lowest BCUT2D eigenvalue weighted by Crippen LogP contribution is -2.29. The van der Waals surface area contributed by atoms with Gasteiger partial charge >= 0.3 is 5.91 Å². The lowest BCUT2D eigenvalue weighted by Gasteiger charge is -2.23. The minimum absolute atomic E-state index is 0.0807. The van der Waals surface area contributed by atoms with E-state index < -0.39 is 17.7 Å². The number of hydrogen-bond acceptors (Lipinski definition) is 10. The first-order valence-electron chi connectivity index (χ1n) is 16.9. The van der Waals surface area contributed by atoms with E-state index in [0.717, 1.165) is 36.0 Å². The highest BCUT2D eigenvalue weighted by Crippen LogP contribution is 2.46. The summed E-state index contributed by atoms with van der Waals surface area (Å²) in [5.41, 5.74) is 4.03. The van der Waals surface area contributed by atoms with Gasteiger partial charge in [-0.15, -0.1) is 10.2 Å². The summed E-state index contributed by atoms with van der Waals surface area (Å²) in [6.45, 7) is 5.05. The van der Waals surface area contributed by atoms with E-state index in [0.29, 0.717) is 56.7 Å². The second kappa shape index (κ2) is 17.1. The molecule has 4 aromatic carbocycles. The Morgan fingerprint density at radius 1 is 0.942 bits per heavy atom. The number of amides is 1. The van der Waals surface area contributed by atoms with Crippen molar-refractivity contribution in [2.24, 2.45) is 0 Å². The highest BCUT2D eigenvalue weighted by molar-refractivity contribution is 8.00. The van der Waals surface area contributed by atoms with Crippen LogP contribution in [-0.2, 0) is 21.9 Å². The normalized spacial score (nSPS) is 15.2. The molecule has 1 saturated heterocycles.